The fourth-order valence-electron chi connectivity index (χ4n) is 2.10. The minimum absolute atomic E-state index is 0.0126. The third-order valence-corrected chi connectivity index (χ3v) is 3.56. The van der Waals surface area contributed by atoms with E-state index in [4.69, 9.17) is 5.26 Å². The van der Waals surface area contributed by atoms with Crippen LogP contribution in [0.2, 0.25) is 0 Å². The van der Waals surface area contributed by atoms with E-state index < -0.39 is 0 Å². The smallest absolute Gasteiger partial charge is 0.319 e. The number of urea groups is 1. The van der Waals surface area contributed by atoms with Crippen molar-refractivity contribution < 1.29 is 4.79 Å². The molecular weight excluding hydrogens is 226 g/mol. The van der Waals surface area contributed by atoms with Crippen molar-refractivity contribution in [3.8, 4) is 6.07 Å². The minimum atomic E-state index is -0.0574. The molecule has 0 N–H and O–H groups in total. The van der Waals surface area contributed by atoms with E-state index in [2.05, 4.69) is 19.9 Å². The van der Waals surface area contributed by atoms with Gasteiger partial charge in [0.2, 0.25) is 0 Å². The number of rotatable bonds is 1. The molecular formula is C14H17N3O. The number of hydrogen-bond donors (Lipinski definition) is 0. The Morgan fingerprint density at radius 3 is 2.72 bits per heavy atom. The molecule has 0 radical (unpaired) electrons. The Bertz CT molecular complexity index is 516. The van der Waals surface area contributed by atoms with Crippen LogP contribution in [0.15, 0.2) is 24.3 Å². The molecule has 0 bridgehead atoms. The third kappa shape index (κ3) is 2.04. The first-order valence-corrected chi connectivity index (χ1v) is 6.01. The molecule has 0 unspecified atom stereocenters. The van der Waals surface area contributed by atoms with Crippen LogP contribution in [-0.4, -0.2) is 30.1 Å². The van der Waals surface area contributed by atoms with Crippen molar-refractivity contribution in [2.75, 3.05) is 18.5 Å². The standard InChI is InChI=1S/C14H17N3O/c1-14(2)7-8-17(14)13(18)16(3)12-6-4-5-11(9-12)10-15/h4-6,9H,7-8H2,1-3H3. The molecule has 94 valence electrons. The van der Waals surface area contributed by atoms with Crippen LogP contribution in [0.4, 0.5) is 10.5 Å². The summed E-state index contributed by atoms with van der Waals surface area (Å²) < 4.78 is 0. The number of amides is 2. The van der Waals surface area contributed by atoms with Crippen LogP contribution in [-0.2, 0) is 0 Å². The summed E-state index contributed by atoms with van der Waals surface area (Å²) in [6, 6.07) is 9.16. The molecule has 4 nitrogen and oxygen atoms in total. The van der Waals surface area contributed by atoms with Crippen molar-refractivity contribution in [3.63, 3.8) is 0 Å². The van der Waals surface area contributed by atoms with Crippen molar-refractivity contribution in [2.45, 2.75) is 25.8 Å². The van der Waals surface area contributed by atoms with Gasteiger partial charge in [-0.3, -0.25) is 4.90 Å². The molecule has 0 aromatic heterocycles. The van der Waals surface area contributed by atoms with Crippen LogP contribution in [0.5, 0.6) is 0 Å². The SMILES string of the molecule is CN(C(=O)N1CCC1(C)C)c1cccc(C#N)c1. The van der Waals surface area contributed by atoms with E-state index in [0.29, 0.717) is 5.56 Å². The largest absolute Gasteiger partial charge is 0.324 e. The van der Waals surface area contributed by atoms with Gasteiger partial charge in [0.1, 0.15) is 0 Å². The lowest BCUT2D eigenvalue weighted by Gasteiger charge is -2.49. The molecule has 1 aliphatic heterocycles. The maximum absolute atomic E-state index is 12.3. The lowest BCUT2D eigenvalue weighted by atomic mass is 9.89. The molecule has 1 fully saturated rings. The fraction of sp³-hybridized carbons (Fsp3) is 0.429. The van der Waals surface area contributed by atoms with Crippen LogP contribution in [0.25, 0.3) is 0 Å². The van der Waals surface area contributed by atoms with Crippen LogP contribution in [0.3, 0.4) is 0 Å². The first-order valence-electron chi connectivity index (χ1n) is 6.01. The Morgan fingerprint density at radius 2 is 2.22 bits per heavy atom. The monoisotopic (exact) mass is 243 g/mol. The zero-order valence-corrected chi connectivity index (χ0v) is 11.0. The Kier molecular flexibility index (Phi) is 3.00. The molecule has 0 saturated carbocycles. The second-order valence-electron chi connectivity index (χ2n) is 5.22. The summed E-state index contributed by atoms with van der Waals surface area (Å²) in [5.74, 6) is 0. The normalized spacial score (nSPS) is 16.7. The summed E-state index contributed by atoms with van der Waals surface area (Å²) in [5.41, 5.74) is 1.26. The number of nitriles is 1. The summed E-state index contributed by atoms with van der Waals surface area (Å²) in [5, 5.41) is 8.87. The van der Waals surface area contributed by atoms with Crippen molar-refractivity contribution in [3.05, 3.63) is 29.8 Å². The van der Waals surface area contributed by atoms with E-state index in [9.17, 15) is 4.79 Å². The van der Waals surface area contributed by atoms with Crippen molar-refractivity contribution >= 4 is 11.7 Å². The number of nitrogens with zero attached hydrogens (tertiary/aromatic N) is 3. The van der Waals surface area contributed by atoms with E-state index in [1.54, 1.807) is 30.1 Å². The number of benzene rings is 1. The lowest BCUT2D eigenvalue weighted by molar-refractivity contribution is 0.0578. The van der Waals surface area contributed by atoms with Crippen molar-refractivity contribution in [1.82, 2.24) is 4.90 Å². The van der Waals surface area contributed by atoms with Crippen molar-refractivity contribution in [1.29, 1.82) is 5.26 Å². The van der Waals surface area contributed by atoms with Crippen LogP contribution in [0, 0.1) is 11.3 Å². The van der Waals surface area contributed by atoms with Crippen LogP contribution in [0.1, 0.15) is 25.8 Å². The van der Waals surface area contributed by atoms with E-state index in [-0.39, 0.29) is 11.6 Å². The molecule has 0 spiro atoms. The van der Waals surface area contributed by atoms with Crippen LogP contribution >= 0.6 is 0 Å². The predicted octanol–water partition coefficient (Wildman–Crippen LogP) is 2.60. The van der Waals surface area contributed by atoms with Gasteiger partial charge in [-0.15, -0.1) is 0 Å². The van der Waals surface area contributed by atoms with Gasteiger partial charge in [-0.05, 0) is 38.5 Å². The van der Waals surface area contributed by atoms with Gasteiger partial charge in [0.15, 0.2) is 0 Å². The molecule has 2 amide bonds. The van der Waals surface area contributed by atoms with E-state index in [1.165, 1.54) is 0 Å². The number of anilines is 1. The summed E-state index contributed by atoms with van der Waals surface area (Å²) in [6.07, 6.45) is 1.03. The zero-order valence-electron chi connectivity index (χ0n) is 11.0. The highest BCUT2D eigenvalue weighted by Crippen LogP contribution is 2.31. The average Bonchev–Trinajstić information content (AvgIpc) is 2.36. The topological polar surface area (TPSA) is 47.3 Å². The van der Waals surface area contributed by atoms with Crippen LogP contribution < -0.4 is 4.90 Å². The van der Waals surface area contributed by atoms with Gasteiger partial charge in [0, 0.05) is 24.8 Å². The maximum atomic E-state index is 12.3. The summed E-state index contributed by atoms with van der Waals surface area (Å²) in [7, 11) is 1.74. The van der Waals surface area contributed by atoms with Gasteiger partial charge in [-0.1, -0.05) is 6.07 Å². The summed E-state index contributed by atoms with van der Waals surface area (Å²) >= 11 is 0. The Labute approximate surface area is 107 Å². The highest BCUT2D eigenvalue weighted by molar-refractivity contribution is 5.92. The van der Waals surface area contributed by atoms with Gasteiger partial charge < -0.3 is 4.90 Å². The highest BCUT2D eigenvalue weighted by atomic mass is 16.2. The third-order valence-electron chi connectivity index (χ3n) is 3.56. The minimum Gasteiger partial charge on any atom is -0.319 e. The molecule has 0 aliphatic carbocycles. The fourth-order valence-corrected chi connectivity index (χ4v) is 2.10. The second-order valence-corrected chi connectivity index (χ2v) is 5.22. The predicted molar refractivity (Wildman–Crippen MR) is 70.4 cm³/mol. The number of carbonyl (C=O) groups excluding carboxylic acids is 1. The molecule has 2 rings (SSSR count). The Morgan fingerprint density at radius 1 is 1.50 bits per heavy atom. The Hall–Kier alpha value is -2.02. The van der Waals surface area contributed by atoms with E-state index in [0.717, 1.165) is 18.7 Å². The quantitative estimate of drug-likeness (QED) is 0.761. The highest BCUT2D eigenvalue weighted by Gasteiger charge is 2.40. The number of likely N-dealkylation sites (tertiary alicyclic amines) is 1. The molecule has 1 aromatic carbocycles. The summed E-state index contributed by atoms with van der Waals surface area (Å²) in [4.78, 5) is 15.8. The first-order chi connectivity index (χ1) is 8.45. The number of hydrogen-bond acceptors (Lipinski definition) is 2. The lowest BCUT2D eigenvalue weighted by Crippen LogP contribution is -2.61. The van der Waals surface area contributed by atoms with Crippen molar-refractivity contribution in [2.24, 2.45) is 0 Å². The van der Waals surface area contributed by atoms with Gasteiger partial charge >= 0.3 is 6.03 Å². The average molecular weight is 243 g/mol. The van der Waals surface area contributed by atoms with Gasteiger partial charge in [-0.25, -0.2) is 4.79 Å². The molecule has 1 aliphatic rings. The molecule has 1 aromatic rings. The Balaban J connectivity index is 2.18. The molecule has 4 heteroatoms. The van der Waals surface area contributed by atoms with E-state index in [1.807, 2.05) is 11.0 Å². The maximum Gasteiger partial charge on any atom is 0.324 e. The number of carbonyl (C=O) groups is 1. The molecule has 1 saturated heterocycles. The first kappa shape index (κ1) is 12.4. The van der Waals surface area contributed by atoms with Gasteiger partial charge in [0.25, 0.3) is 0 Å². The van der Waals surface area contributed by atoms with Gasteiger partial charge in [0.05, 0.1) is 11.6 Å². The molecule has 0 atom stereocenters. The molecule has 18 heavy (non-hydrogen) atoms. The second kappa shape index (κ2) is 4.34. The molecule has 1 heterocycles. The zero-order chi connectivity index (χ0) is 13.3. The van der Waals surface area contributed by atoms with Gasteiger partial charge in [-0.2, -0.15) is 5.26 Å². The van der Waals surface area contributed by atoms with E-state index >= 15 is 0 Å². The summed E-state index contributed by atoms with van der Waals surface area (Å²) in [6.45, 7) is 4.93.